The van der Waals surface area contributed by atoms with Gasteiger partial charge in [0, 0.05) is 61.6 Å². The highest BCUT2D eigenvalue weighted by Crippen LogP contribution is 2.24. The van der Waals surface area contributed by atoms with Gasteiger partial charge in [-0.25, -0.2) is 9.97 Å². The molecule has 0 saturated carbocycles. The summed E-state index contributed by atoms with van der Waals surface area (Å²) in [5.41, 5.74) is 4.52. The Hall–Kier alpha value is -4.02. The Labute approximate surface area is 234 Å². The predicted molar refractivity (Wildman–Crippen MR) is 155 cm³/mol. The first kappa shape index (κ1) is 26.2. The van der Waals surface area contributed by atoms with E-state index in [1.807, 2.05) is 47.4 Å². The van der Waals surface area contributed by atoms with E-state index in [9.17, 15) is 9.59 Å². The smallest absolute Gasteiger partial charge is 0.251 e. The zero-order valence-corrected chi connectivity index (χ0v) is 22.5. The molecule has 0 bridgehead atoms. The average molecular weight is 542 g/mol. The third kappa shape index (κ3) is 6.08. The maximum absolute atomic E-state index is 12.6. The van der Waals surface area contributed by atoms with Crippen LogP contribution in [-0.4, -0.2) is 78.2 Å². The highest BCUT2D eigenvalue weighted by Gasteiger charge is 2.30. The van der Waals surface area contributed by atoms with Crippen molar-refractivity contribution in [3.8, 4) is 11.3 Å². The third-order valence-corrected chi connectivity index (χ3v) is 7.77. The molecule has 2 atom stereocenters. The molecule has 3 aromatic rings. The van der Waals surface area contributed by atoms with Crippen LogP contribution in [0.2, 0.25) is 0 Å². The normalized spacial score (nSPS) is 20.9. The first-order valence-corrected chi connectivity index (χ1v) is 14.1. The van der Waals surface area contributed by atoms with E-state index in [1.165, 1.54) is 0 Å². The van der Waals surface area contributed by atoms with Crippen molar-refractivity contribution in [1.82, 2.24) is 20.2 Å². The van der Waals surface area contributed by atoms with Crippen molar-refractivity contribution in [2.75, 3.05) is 54.9 Å². The number of anilines is 4. The third-order valence-electron chi connectivity index (χ3n) is 7.77. The quantitative estimate of drug-likeness (QED) is 0.417. The monoisotopic (exact) mass is 541 g/mol. The summed E-state index contributed by atoms with van der Waals surface area (Å²) in [6, 6.07) is 17.7. The van der Waals surface area contributed by atoms with Gasteiger partial charge in [-0.2, -0.15) is 0 Å². The minimum atomic E-state index is -0.247. The molecule has 208 valence electrons. The Morgan fingerprint density at radius 1 is 0.900 bits per heavy atom. The van der Waals surface area contributed by atoms with Crippen molar-refractivity contribution in [3.63, 3.8) is 0 Å². The fraction of sp³-hybridized carbons (Fsp3) is 0.400. The lowest BCUT2D eigenvalue weighted by atomic mass is 10.1. The number of hydrogen-bond donors (Lipinski definition) is 3. The molecule has 40 heavy (non-hydrogen) atoms. The Balaban J connectivity index is 1.03. The number of rotatable bonds is 7. The number of nitrogens with one attached hydrogen (secondary N) is 3. The van der Waals surface area contributed by atoms with Gasteiger partial charge in [-0.3, -0.25) is 9.59 Å². The molecule has 3 aliphatic heterocycles. The molecule has 0 radical (unpaired) electrons. The summed E-state index contributed by atoms with van der Waals surface area (Å²) in [6.07, 6.45) is 5.20. The number of amides is 2. The predicted octanol–water partition coefficient (Wildman–Crippen LogP) is 3.41. The molecular formula is C30H35N7O3. The molecule has 10 nitrogen and oxygen atoms in total. The number of nitrogens with zero attached hydrogens (tertiary/aromatic N) is 4. The number of benzene rings is 2. The van der Waals surface area contributed by atoms with Crippen LogP contribution in [0, 0.1) is 0 Å². The largest absolute Gasteiger partial charge is 0.368 e. The lowest BCUT2D eigenvalue weighted by molar-refractivity contribution is -0.141. The van der Waals surface area contributed by atoms with E-state index in [0.29, 0.717) is 25.6 Å². The molecule has 10 heteroatoms. The fourth-order valence-electron chi connectivity index (χ4n) is 5.49. The molecule has 2 aromatic carbocycles. The van der Waals surface area contributed by atoms with E-state index < -0.39 is 0 Å². The molecule has 1 aromatic heterocycles. The molecular weight excluding hydrogens is 506 g/mol. The topological polar surface area (TPSA) is 112 Å². The first-order valence-electron chi connectivity index (χ1n) is 14.1. The summed E-state index contributed by atoms with van der Waals surface area (Å²) >= 11 is 0. The molecule has 3 fully saturated rings. The molecule has 0 spiro atoms. The van der Waals surface area contributed by atoms with Crippen molar-refractivity contribution in [2.45, 2.75) is 37.8 Å². The second-order valence-electron chi connectivity index (χ2n) is 10.5. The number of carbonyl (C=O) groups excluding carboxylic acids is 2. The number of piperazine rings is 1. The van der Waals surface area contributed by atoms with Gasteiger partial charge in [-0.05, 0) is 74.7 Å². The van der Waals surface area contributed by atoms with E-state index in [-0.39, 0.29) is 24.0 Å². The number of carbonyl (C=O) groups is 2. The maximum Gasteiger partial charge on any atom is 0.251 e. The van der Waals surface area contributed by atoms with Crippen LogP contribution in [0.4, 0.5) is 23.0 Å². The van der Waals surface area contributed by atoms with Gasteiger partial charge in [0.05, 0.1) is 11.7 Å². The van der Waals surface area contributed by atoms with Gasteiger partial charge in [-0.15, -0.1) is 0 Å². The fourth-order valence-corrected chi connectivity index (χ4v) is 5.49. The molecule has 4 heterocycles. The van der Waals surface area contributed by atoms with Gasteiger partial charge in [0.1, 0.15) is 6.10 Å². The average Bonchev–Trinajstić information content (AvgIpc) is 3.74. The summed E-state index contributed by atoms with van der Waals surface area (Å²) in [6.45, 7) is 4.61. The van der Waals surface area contributed by atoms with E-state index in [0.717, 1.165) is 73.6 Å². The molecule has 1 unspecified atom stereocenters. The minimum absolute atomic E-state index is 0.0107. The van der Waals surface area contributed by atoms with Crippen LogP contribution in [0.25, 0.3) is 11.3 Å². The highest BCUT2D eigenvalue weighted by molar-refractivity contribution is 5.95. The molecule has 3 aliphatic rings. The van der Waals surface area contributed by atoms with Gasteiger partial charge in [0.25, 0.3) is 5.91 Å². The van der Waals surface area contributed by atoms with E-state index >= 15 is 0 Å². The van der Waals surface area contributed by atoms with Crippen LogP contribution in [0.3, 0.4) is 0 Å². The van der Waals surface area contributed by atoms with Gasteiger partial charge >= 0.3 is 0 Å². The second-order valence-corrected chi connectivity index (χ2v) is 10.5. The van der Waals surface area contributed by atoms with Crippen molar-refractivity contribution < 1.29 is 14.3 Å². The molecule has 3 saturated heterocycles. The van der Waals surface area contributed by atoms with Gasteiger partial charge in [0.2, 0.25) is 11.9 Å². The summed E-state index contributed by atoms with van der Waals surface area (Å²) in [4.78, 5) is 38.3. The zero-order valence-electron chi connectivity index (χ0n) is 22.5. The maximum atomic E-state index is 12.6. The second kappa shape index (κ2) is 12.0. The molecule has 3 N–H and O–H groups in total. The Bertz CT molecular complexity index is 1310. The molecule has 2 amide bonds. The highest BCUT2D eigenvalue weighted by atomic mass is 16.5. The van der Waals surface area contributed by atoms with Crippen molar-refractivity contribution in [1.29, 1.82) is 0 Å². The summed E-state index contributed by atoms with van der Waals surface area (Å²) in [5, 5.41) is 9.49. The van der Waals surface area contributed by atoms with Crippen LogP contribution in [0.15, 0.2) is 60.8 Å². The molecule has 0 aliphatic carbocycles. The van der Waals surface area contributed by atoms with E-state index in [4.69, 9.17) is 4.74 Å². The minimum Gasteiger partial charge on any atom is -0.368 e. The standard InChI is InChI=1S/C30H35N7O3/c38-28(26-3-1-14-31-26)33-22-7-5-21(6-8-22)25-13-15-32-30(35-25)34-23-9-11-24(12-10-23)36-16-18-37(19-17-36)29(39)27-4-2-20-40-27/h5-13,15,26-27,31H,1-4,14,16-20H2,(H,33,38)(H,32,34,35)/t26-,27?/m0/s1. The zero-order chi connectivity index (χ0) is 27.3. The van der Waals surface area contributed by atoms with Crippen molar-refractivity contribution in [2.24, 2.45) is 0 Å². The van der Waals surface area contributed by atoms with Crippen LogP contribution >= 0.6 is 0 Å². The number of hydrogen-bond acceptors (Lipinski definition) is 8. The first-order chi connectivity index (χ1) is 19.6. The van der Waals surface area contributed by atoms with Crippen LogP contribution in [0.1, 0.15) is 25.7 Å². The van der Waals surface area contributed by atoms with Gasteiger partial charge in [0.15, 0.2) is 0 Å². The molecule has 6 rings (SSSR count). The Morgan fingerprint density at radius 3 is 2.38 bits per heavy atom. The van der Waals surface area contributed by atoms with Crippen LogP contribution < -0.4 is 20.9 Å². The SMILES string of the molecule is O=C(Nc1ccc(-c2ccnc(Nc3ccc(N4CCN(C(=O)C5CCCO5)CC4)cc3)n2)cc1)[C@@H]1CCCN1. The number of aromatic nitrogens is 2. The summed E-state index contributed by atoms with van der Waals surface area (Å²) in [5.74, 6) is 0.659. The van der Waals surface area contributed by atoms with E-state index in [1.54, 1.807) is 6.20 Å². The van der Waals surface area contributed by atoms with Crippen LogP contribution in [-0.2, 0) is 14.3 Å². The lowest BCUT2D eigenvalue weighted by Crippen LogP contribution is -2.51. The summed E-state index contributed by atoms with van der Waals surface area (Å²) < 4.78 is 5.57. The van der Waals surface area contributed by atoms with Crippen LogP contribution in [0.5, 0.6) is 0 Å². The number of ether oxygens (including phenoxy) is 1. The van der Waals surface area contributed by atoms with Gasteiger partial charge < -0.3 is 30.5 Å². The lowest BCUT2D eigenvalue weighted by Gasteiger charge is -2.37. The van der Waals surface area contributed by atoms with Crippen molar-refractivity contribution >= 4 is 34.8 Å². The van der Waals surface area contributed by atoms with Crippen molar-refractivity contribution in [3.05, 3.63) is 60.8 Å². The summed E-state index contributed by atoms with van der Waals surface area (Å²) in [7, 11) is 0. The Kier molecular flexibility index (Phi) is 7.87. The Morgan fingerprint density at radius 2 is 1.68 bits per heavy atom. The van der Waals surface area contributed by atoms with Gasteiger partial charge in [-0.1, -0.05) is 12.1 Å². The van der Waals surface area contributed by atoms with E-state index in [2.05, 4.69) is 43.0 Å².